The van der Waals surface area contributed by atoms with Gasteiger partial charge in [-0.25, -0.2) is 9.59 Å². The normalized spacial score (nSPS) is 12.8. The Morgan fingerprint density at radius 2 is 1.61 bits per heavy atom. The summed E-state index contributed by atoms with van der Waals surface area (Å²) in [5, 5.41) is 0.205. The second-order valence-corrected chi connectivity index (χ2v) is 9.07. The first-order valence-corrected chi connectivity index (χ1v) is 11.7. The Balaban J connectivity index is 1.98. The van der Waals surface area contributed by atoms with Crippen LogP contribution in [-0.4, -0.2) is 66.5 Å². The van der Waals surface area contributed by atoms with Gasteiger partial charge in [-0.2, -0.15) is 21.6 Å². The minimum atomic E-state index is -5.27. The Labute approximate surface area is 207 Å². The van der Waals surface area contributed by atoms with Crippen LogP contribution in [0.1, 0.15) is 26.3 Å². The molecule has 7 nitrogen and oxygen atoms in total. The van der Waals surface area contributed by atoms with Crippen molar-refractivity contribution in [2.24, 2.45) is 0 Å². The van der Waals surface area contributed by atoms with Crippen molar-refractivity contribution in [3.63, 3.8) is 0 Å². The van der Waals surface area contributed by atoms with Crippen LogP contribution in [0.3, 0.4) is 0 Å². The molecule has 1 atom stereocenters. The summed E-state index contributed by atoms with van der Waals surface area (Å²) in [6.07, 6.45) is -8.47. The number of benzene rings is 3. The van der Waals surface area contributed by atoms with Crippen LogP contribution in [0.5, 0.6) is 5.75 Å². The van der Waals surface area contributed by atoms with Crippen molar-refractivity contribution in [1.82, 2.24) is 0 Å². The van der Waals surface area contributed by atoms with E-state index in [1.165, 1.54) is 36.4 Å². The summed E-state index contributed by atoms with van der Waals surface area (Å²) in [5.41, 5.74) is 0.280. The van der Waals surface area contributed by atoms with E-state index in [0.29, 0.717) is 0 Å². The van der Waals surface area contributed by atoms with Gasteiger partial charge in [0.25, 0.3) is 10.1 Å². The highest BCUT2D eigenvalue weighted by Crippen LogP contribution is 2.31. The largest absolute Gasteiger partial charge is 0.448 e. The van der Waals surface area contributed by atoms with E-state index in [9.17, 15) is 31.2 Å². The SMILES string of the molecule is [B]Cc1c([B])cc([B])cc1C(=O)Oc1ccc(C(=O)OC(CS(=O)(=O)O)C(F)(F)F)c2ccccc12. The Morgan fingerprint density at radius 3 is 2.19 bits per heavy atom. The fourth-order valence-electron chi connectivity index (χ4n) is 3.40. The molecule has 0 fully saturated rings. The summed E-state index contributed by atoms with van der Waals surface area (Å²) in [6, 6.07) is 10.7. The van der Waals surface area contributed by atoms with Gasteiger partial charge in [0.15, 0.2) is 0 Å². The third kappa shape index (κ3) is 6.30. The van der Waals surface area contributed by atoms with Crippen LogP contribution < -0.4 is 15.7 Å². The van der Waals surface area contributed by atoms with Gasteiger partial charge in [0.1, 0.15) is 27.2 Å². The Hall–Kier alpha value is -3.25. The average Bonchev–Trinajstić information content (AvgIpc) is 2.76. The zero-order chi connectivity index (χ0) is 26.8. The van der Waals surface area contributed by atoms with Crippen LogP contribution in [0.15, 0.2) is 48.5 Å². The second-order valence-electron chi connectivity index (χ2n) is 7.57. The molecule has 3 rings (SSSR count). The standard InChI is InChI=1S/C22H14B3F3O7S/c23-9-16-15(7-11(24)8-17(16)25)21(30)34-18-6-5-14(12-3-1-2-4-13(12)18)20(29)35-19(22(26,27)28)10-36(31,32)33/h1-8,19H,9-10H2,(H,31,32,33). The molecule has 36 heavy (non-hydrogen) atoms. The molecule has 0 amide bonds. The van der Waals surface area contributed by atoms with E-state index in [2.05, 4.69) is 4.74 Å². The lowest BCUT2D eigenvalue weighted by molar-refractivity contribution is -0.197. The number of halogens is 3. The van der Waals surface area contributed by atoms with E-state index < -0.39 is 40.1 Å². The zero-order valence-corrected chi connectivity index (χ0v) is 19.1. The summed E-state index contributed by atoms with van der Waals surface area (Å²) in [5.74, 6) is -4.31. The predicted molar refractivity (Wildman–Crippen MR) is 127 cm³/mol. The molecule has 0 aromatic heterocycles. The molecule has 6 radical (unpaired) electrons. The van der Waals surface area contributed by atoms with Crippen molar-refractivity contribution in [3.05, 3.63) is 65.2 Å². The van der Waals surface area contributed by atoms with Crippen molar-refractivity contribution in [1.29, 1.82) is 0 Å². The summed E-state index contributed by atoms with van der Waals surface area (Å²) in [6.45, 7) is 0. The van der Waals surface area contributed by atoms with E-state index in [4.69, 9.17) is 32.8 Å². The summed E-state index contributed by atoms with van der Waals surface area (Å²) in [4.78, 5) is 25.4. The molecule has 1 unspecified atom stereocenters. The predicted octanol–water partition coefficient (Wildman–Crippen LogP) is 1.29. The van der Waals surface area contributed by atoms with Gasteiger partial charge in [0, 0.05) is 5.39 Å². The first-order valence-electron chi connectivity index (χ1n) is 10.1. The molecular weight excluding hydrogens is 498 g/mol. The summed E-state index contributed by atoms with van der Waals surface area (Å²) >= 11 is 0. The molecule has 180 valence electrons. The maximum Gasteiger partial charge on any atom is 0.426 e. The smallest absolute Gasteiger partial charge is 0.426 e. The third-order valence-corrected chi connectivity index (χ3v) is 5.74. The maximum atomic E-state index is 13.2. The first kappa shape index (κ1) is 27.3. The van der Waals surface area contributed by atoms with Crippen LogP contribution in [0.4, 0.5) is 13.2 Å². The highest BCUT2D eigenvalue weighted by atomic mass is 32.2. The minimum Gasteiger partial charge on any atom is -0.448 e. The van der Waals surface area contributed by atoms with Crippen LogP contribution in [0, 0.1) is 0 Å². The van der Waals surface area contributed by atoms with Crippen LogP contribution in [0.25, 0.3) is 10.8 Å². The first-order chi connectivity index (χ1) is 16.7. The maximum absolute atomic E-state index is 13.2. The topological polar surface area (TPSA) is 107 Å². The second kappa shape index (κ2) is 10.4. The number of hydrogen-bond acceptors (Lipinski definition) is 6. The lowest BCUT2D eigenvalue weighted by Crippen LogP contribution is -2.39. The van der Waals surface area contributed by atoms with E-state index >= 15 is 0 Å². The van der Waals surface area contributed by atoms with Crippen molar-refractivity contribution >= 4 is 67.3 Å². The number of carbonyl (C=O) groups excluding carboxylic acids is 2. The van der Waals surface area contributed by atoms with Gasteiger partial charge in [-0.15, -0.1) is 0 Å². The fraction of sp³-hybridized carbons (Fsp3) is 0.182. The van der Waals surface area contributed by atoms with Crippen molar-refractivity contribution < 1.29 is 45.2 Å². The van der Waals surface area contributed by atoms with Gasteiger partial charge < -0.3 is 9.47 Å². The molecule has 0 aliphatic carbocycles. The Bertz CT molecular complexity index is 1440. The molecule has 1 N–H and O–H groups in total. The van der Waals surface area contributed by atoms with E-state index in [-0.39, 0.29) is 50.5 Å². The monoisotopic (exact) mass is 512 g/mol. The van der Waals surface area contributed by atoms with Crippen LogP contribution >= 0.6 is 0 Å². The van der Waals surface area contributed by atoms with Gasteiger partial charge in [-0.3, -0.25) is 4.55 Å². The molecule has 0 aliphatic heterocycles. The number of alkyl halides is 3. The zero-order valence-electron chi connectivity index (χ0n) is 18.3. The van der Waals surface area contributed by atoms with Gasteiger partial charge in [-0.05, 0) is 23.1 Å². The third-order valence-electron chi connectivity index (χ3n) is 5.01. The highest BCUT2D eigenvalue weighted by Gasteiger charge is 2.45. The molecule has 0 heterocycles. The number of rotatable bonds is 7. The molecule has 3 aromatic rings. The number of ether oxygens (including phenoxy) is 2. The number of carbonyl (C=O) groups is 2. The minimum absolute atomic E-state index is 0.000740. The van der Waals surface area contributed by atoms with Crippen molar-refractivity contribution in [3.8, 4) is 5.75 Å². The quantitative estimate of drug-likeness (QED) is 0.220. The molecule has 0 spiro atoms. The van der Waals surface area contributed by atoms with Crippen LogP contribution in [-0.2, 0) is 21.2 Å². The lowest BCUT2D eigenvalue weighted by Gasteiger charge is -2.20. The Kier molecular flexibility index (Phi) is 7.90. The number of esters is 2. The molecule has 3 aromatic carbocycles. The summed E-state index contributed by atoms with van der Waals surface area (Å²) < 4.78 is 80.1. The van der Waals surface area contributed by atoms with Crippen molar-refractivity contribution in [2.45, 2.75) is 18.6 Å². The highest BCUT2D eigenvalue weighted by molar-refractivity contribution is 7.85. The van der Waals surface area contributed by atoms with E-state index in [1.807, 2.05) is 0 Å². The van der Waals surface area contributed by atoms with Crippen LogP contribution in [0.2, 0.25) is 0 Å². The molecule has 0 bridgehead atoms. The van der Waals surface area contributed by atoms with E-state index in [0.717, 1.165) is 12.1 Å². The van der Waals surface area contributed by atoms with Gasteiger partial charge in [0.05, 0.1) is 19.0 Å². The number of hydrogen-bond donors (Lipinski definition) is 1. The molecular formula is C22H14B3F3O7S. The fourth-order valence-corrected chi connectivity index (χ4v) is 4.04. The number of fused-ring (bicyclic) bond motifs is 1. The van der Waals surface area contributed by atoms with Gasteiger partial charge >= 0.3 is 18.1 Å². The Morgan fingerprint density at radius 1 is 0.972 bits per heavy atom. The molecule has 14 heteroatoms. The van der Waals surface area contributed by atoms with Gasteiger partial charge in [0.2, 0.25) is 6.10 Å². The average molecular weight is 512 g/mol. The molecule has 0 saturated carbocycles. The summed E-state index contributed by atoms with van der Waals surface area (Å²) in [7, 11) is 12.2. The van der Waals surface area contributed by atoms with Crippen molar-refractivity contribution in [2.75, 3.05) is 5.75 Å². The molecule has 0 aliphatic rings. The lowest BCUT2D eigenvalue weighted by atomic mass is 9.77. The van der Waals surface area contributed by atoms with Gasteiger partial charge in [-0.1, -0.05) is 53.6 Å². The van der Waals surface area contributed by atoms with E-state index in [1.54, 1.807) is 0 Å². The molecule has 0 saturated heterocycles.